The minimum atomic E-state index is 0.386. The maximum Gasteiger partial charge on any atom is 0.133 e. The van der Waals surface area contributed by atoms with E-state index in [0.717, 1.165) is 25.1 Å². The number of hydrogen-bond acceptors (Lipinski definition) is 2. The molecule has 0 N–H and O–H groups in total. The number of carbonyl (C=O) groups is 1. The molecule has 1 aromatic heterocycles. The molecule has 0 aliphatic carbocycles. The van der Waals surface area contributed by atoms with Crippen LogP contribution in [0.5, 0.6) is 0 Å². The Kier molecular flexibility index (Phi) is 8.19. The van der Waals surface area contributed by atoms with Gasteiger partial charge in [0, 0.05) is 38.7 Å². The molecule has 0 unspecified atom stereocenters. The molecule has 1 aromatic rings. The lowest BCUT2D eigenvalue weighted by Gasteiger charge is -2.03. The van der Waals surface area contributed by atoms with E-state index >= 15 is 0 Å². The summed E-state index contributed by atoms with van der Waals surface area (Å²) in [5, 5.41) is 0. The first-order valence-corrected chi connectivity index (χ1v) is 7.72. The molecular weight excluding hydrogens is 236 g/mol. The summed E-state index contributed by atoms with van der Waals surface area (Å²) in [4.78, 5) is 16.0. The van der Waals surface area contributed by atoms with Gasteiger partial charge in [0.2, 0.25) is 0 Å². The van der Waals surface area contributed by atoms with Gasteiger partial charge in [-0.3, -0.25) is 4.79 Å². The summed E-state index contributed by atoms with van der Waals surface area (Å²) in [6.45, 7) is 2.24. The van der Waals surface area contributed by atoms with E-state index < -0.39 is 0 Å². The van der Waals surface area contributed by atoms with Gasteiger partial charge in [-0.1, -0.05) is 45.4 Å². The average Bonchev–Trinajstić information content (AvgIpc) is 2.81. The lowest BCUT2D eigenvalue weighted by atomic mass is 10.0. The Bertz CT molecular complexity index is 357. The van der Waals surface area contributed by atoms with Crippen LogP contribution in [0, 0.1) is 0 Å². The fourth-order valence-corrected chi connectivity index (χ4v) is 2.29. The monoisotopic (exact) mass is 264 g/mol. The molecule has 0 fully saturated rings. The minimum Gasteiger partial charge on any atom is -0.338 e. The third-order valence-electron chi connectivity index (χ3n) is 3.61. The third kappa shape index (κ3) is 7.14. The summed E-state index contributed by atoms with van der Waals surface area (Å²) in [6.07, 6.45) is 14.8. The molecule has 0 spiro atoms. The molecule has 0 aliphatic heterocycles. The molecule has 3 heteroatoms. The maximum atomic E-state index is 11.7. The van der Waals surface area contributed by atoms with Crippen LogP contribution in [0.25, 0.3) is 0 Å². The number of rotatable bonds is 11. The number of imidazole rings is 1. The van der Waals surface area contributed by atoms with Gasteiger partial charge in [0.05, 0.1) is 0 Å². The van der Waals surface area contributed by atoms with E-state index in [1.54, 1.807) is 6.20 Å². The highest BCUT2D eigenvalue weighted by atomic mass is 16.1. The van der Waals surface area contributed by atoms with Gasteiger partial charge >= 0.3 is 0 Å². The quantitative estimate of drug-likeness (QED) is 0.565. The molecule has 3 nitrogen and oxygen atoms in total. The lowest BCUT2D eigenvalue weighted by molar-refractivity contribution is -0.119. The van der Waals surface area contributed by atoms with Crippen molar-refractivity contribution in [2.24, 2.45) is 7.05 Å². The fourth-order valence-electron chi connectivity index (χ4n) is 2.29. The third-order valence-corrected chi connectivity index (χ3v) is 3.61. The van der Waals surface area contributed by atoms with Crippen molar-refractivity contribution in [1.29, 1.82) is 0 Å². The second-order valence-electron chi connectivity index (χ2n) is 5.36. The van der Waals surface area contributed by atoms with Gasteiger partial charge in [-0.2, -0.15) is 0 Å². The van der Waals surface area contributed by atoms with Crippen molar-refractivity contribution in [2.45, 2.75) is 71.1 Å². The van der Waals surface area contributed by atoms with E-state index in [1.807, 2.05) is 17.8 Å². The maximum absolute atomic E-state index is 11.7. The van der Waals surface area contributed by atoms with Crippen molar-refractivity contribution in [2.75, 3.05) is 0 Å². The van der Waals surface area contributed by atoms with Gasteiger partial charge in [0.15, 0.2) is 0 Å². The van der Waals surface area contributed by atoms with Crippen LogP contribution in [0.15, 0.2) is 12.4 Å². The van der Waals surface area contributed by atoms with Crippen LogP contribution in [0.1, 0.15) is 70.5 Å². The lowest BCUT2D eigenvalue weighted by Crippen LogP contribution is -2.04. The number of Topliss-reactive ketones (excluding diaryl/α,β-unsaturated/α-hetero) is 1. The Hall–Kier alpha value is -1.12. The normalized spacial score (nSPS) is 10.8. The smallest absolute Gasteiger partial charge is 0.133 e. The van der Waals surface area contributed by atoms with Crippen molar-refractivity contribution < 1.29 is 4.79 Å². The topological polar surface area (TPSA) is 34.9 Å². The van der Waals surface area contributed by atoms with Crippen molar-refractivity contribution in [3.05, 3.63) is 18.2 Å². The van der Waals surface area contributed by atoms with E-state index in [-0.39, 0.29) is 0 Å². The van der Waals surface area contributed by atoms with E-state index in [9.17, 15) is 4.79 Å². The van der Waals surface area contributed by atoms with Crippen LogP contribution in [-0.4, -0.2) is 15.3 Å². The number of aryl methyl sites for hydroxylation is 2. The van der Waals surface area contributed by atoms with E-state index in [0.29, 0.717) is 12.2 Å². The molecule has 0 amide bonds. The summed E-state index contributed by atoms with van der Waals surface area (Å²) in [7, 11) is 1.98. The number of nitrogens with zero attached hydrogens (tertiary/aromatic N) is 2. The van der Waals surface area contributed by atoms with Gasteiger partial charge < -0.3 is 4.57 Å². The molecule has 0 atom stereocenters. The molecule has 108 valence electrons. The zero-order valence-electron chi connectivity index (χ0n) is 12.5. The highest BCUT2D eigenvalue weighted by Crippen LogP contribution is 2.10. The Morgan fingerprint density at radius 2 is 1.79 bits per heavy atom. The molecule has 0 aliphatic rings. The Morgan fingerprint density at radius 3 is 2.42 bits per heavy atom. The van der Waals surface area contributed by atoms with Crippen molar-refractivity contribution in [3.8, 4) is 0 Å². The second-order valence-corrected chi connectivity index (χ2v) is 5.36. The molecule has 1 rings (SSSR count). The molecule has 0 saturated heterocycles. The van der Waals surface area contributed by atoms with Crippen LogP contribution in [0.2, 0.25) is 0 Å². The standard InChI is InChI=1S/C16H28N2O/c1-3-4-5-6-7-8-9-10-15(19)11-12-16-17-13-14-18(16)2/h13-14H,3-12H2,1-2H3. The van der Waals surface area contributed by atoms with Crippen molar-refractivity contribution in [1.82, 2.24) is 9.55 Å². The van der Waals surface area contributed by atoms with E-state index in [1.165, 1.54) is 38.5 Å². The molecule has 1 heterocycles. The number of hydrogen-bond donors (Lipinski definition) is 0. The highest BCUT2D eigenvalue weighted by Gasteiger charge is 2.05. The molecule has 0 radical (unpaired) electrons. The number of unbranched alkanes of at least 4 members (excludes halogenated alkanes) is 6. The van der Waals surface area contributed by atoms with Crippen molar-refractivity contribution >= 4 is 5.78 Å². The van der Waals surface area contributed by atoms with Gasteiger partial charge in [-0.05, 0) is 6.42 Å². The van der Waals surface area contributed by atoms with Crippen LogP contribution in [0.4, 0.5) is 0 Å². The summed E-state index contributed by atoms with van der Waals surface area (Å²) in [6, 6.07) is 0. The summed E-state index contributed by atoms with van der Waals surface area (Å²) < 4.78 is 1.99. The van der Waals surface area contributed by atoms with E-state index in [2.05, 4.69) is 11.9 Å². The van der Waals surface area contributed by atoms with Crippen LogP contribution in [-0.2, 0) is 18.3 Å². The molecule has 0 aromatic carbocycles. The van der Waals surface area contributed by atoms with Gasteiger partial charge in [-0.15, -0.1) is 0 Å². The summed E-state index contributed by atoms with van der Waals surface area (Å²) in [5.41, 5.74) is 0. The Labute approximate surface area is 117 Å². The van der Waals surface area contributed by atoms with Crippen LogP contribution in [0.3, 0.4) is 0 Å². The van der Waals surface area contributed by atoms with Gasteiger partial charge in [0.25, 0.3) is 0 Å². The fraction of sp³-hybridized carbons (Fsp3) is 0.750. The minimum absolute atomic E-state index is 0.386. The zero-order valence-corrected chi connectivity index (χ0v) is 12.5. The first-order valence-electron chi connectivity index (χ1n) is 7.72. The number of carbonyl (C=O) groups excluding carboxylic acids is 1. The first kappa shape index (κ1) is 15.9. The summed E-state index contributed by atoms with van der Waals surface area (Å²) in [5.74, 6) is 1.39. The van der Waals surface area contributed by atoms with Crippen molar-refractivity contribution in [3.63, 3.8) is 0 Å². The molecule has 19 heavy (non-hydrogen) atoms. The number of aromatic nitrogens is 2. The zero-order chi connectivity index (χ0) is 13.9. The highest BCUT2D eigenvalue weighted by molar-refractivity contribution is 5.78. The van der Waals surface area contributed by atoms with E-state index in [4.69, 9.17) is 0 Å². The first-order chi connectivity index (χ1) is 9.24. The average molecular weight is 264 g/mol. The second kappa shape index (κ2) is 9.76. The van der Waals surface area contributed by atoms with Gasteiger partial charge in [0.1, 0.15) is 11.6 Å². The Balaban J connectivity index is 1.98. The molecule has 0 saturated carbocycles. The molecule has 0 bridgehead atoms. The summed E-state index contributed by atoms with van der Waals surface area (Å²) >= 11 is 0. The molecular formula is C16H28N2O. The largest absolute Gasteiger partial charge is 0.338 e. The number of ketones is 1. The van der Waals surface area contributed by atoms with Crippen LogP contribution < -0.4 is 0 Å². The van der Waals surface area contributed by atoms with Crippen LogP contribution >= 0.6 is 0 Å². The SMILES string of the molecule is CCCCCCCCCC(=O)CCc1nccn1C. The Morgan fingerprint density at radius 1 is 1.11 bits per heavy atom. The predicted octanol–water partition coefficient (Wildman–Crippen LogP) is 4.06. The van der Waals surface area contributed by atoms with Gasteiger partial charge in [-0.25, -0.2) is 4.98 Å². The predicted molar refractivity (Wildman–Crippen MR) is 79.1 cm³/mol.